The van der Waals surface area contributed by atoms with E-state index in [1.165, 1.54) is 44.9 Å². The molecule has 1 saturated heterocycles. The second-order valence-corrected chi connectivity index (χ2v) is 6.72. The summed E-state index contributed by atoms with van der Waals surface area (Å²) in [5.74, 6) is 3.22. The summed E-state index contributed by atoms with van der Waals surface area (Å²) >= 11 is 0. The Balaban J connectivity index is 1.39. The molecule has 4 atom stereocenters. The van der Waals surface area contributed by atoms with E-state index in [1.807, 2.05) is 0 Å². The van der Waals surface area contributed by atoms with Gasteiger partial charge in [-0.15, -0.1) is 0 Å². The fourth-order valence-corrected chi connectivity index (χ4v) is 4.29. The number of hydrogen-bond donors (Lipinski definition) is 1. The van der Waals surface area contributed by atoms with Crippen molar-refractivity contribution in [3.8, 4) is 0 Å². The summed E-state index contributed by atoms with van der Waals surface area (Å²) in [6.45, 7) is 4.40. The maximum atomic E-state index is 5.72. The quantitative estimate of drug-likeness (QED) is 0.749. The summed E-state index contributed by atoms with van der Waals surface area (Å²) in [5, 5.41) is 3.75. The Morgan fingerprint density at radius 1 is 1.22 bits per heavy atom. The molecule has 0 radical (unpaired) electrons. The summed E-state index contributed by atoms with van der Waals surface area (Å²) in [6, 6.07) is 0.796. The highest BCUT2D eigenvalue weighted by Crippen LogP contribution is 2.55. The Kier molecular flexibility index (Phi) is 4.25. The molecule has 1 N–H and O–H groups in total. The van der Waals surface area contributed by atoms with Crippen LogP contribution >= 0.6 is 0 Å². The highest BCUT2D eigenvalue weighted by atomic mass is 16.5. The first-order chi connectivity index (χ1) is 8.86. The van der Waals surface area contributed by atoms with Crippen molar-refractivity contribution >= 4 is 0 Å². The molecule has 4 unspecified atom stereocenters. The molecule has 2 saturated carbocycles. The average molecular weight is 251 g/mol. The normalized spacial score (nSPS) is 39.8. The zero-order chi connectivity index (χ0) is 12.4. The Bertz CT molecular complexity index is 252. The highest BCUT2D eigenvalue weighted by molar-refractivity contribution is 4.99. The van der Waals surface area contributed by atoms with E-state index in [0.29, 0.717) is 6.10 Å². The first-order valence-corrected chi connectivity index (χ1v) is 8.21. The number of rotatable bonds is 7. The molecule has 3 aliphatic rings. The van der Waals surface area contributed by atoms with Gasteiger partial charge in [-0.05, 0) is 75.7 Å². The molecule has 2 nitrogen and oxygen atoms in total. The predicted molar refractivity (Wildman–Crippen MR) is 74.6 cm³/mol. The maximum Gasteiger partial charge on any atom is 0.0576 e. The van der Waals surface area contributed by atoms with Crippen molar-refractivity contribution in [2.75, 3.05) is 13.2 Å². The van der Waals surface area contributed by atoms with Crippen LogP contribution in [0, 0.1) is 17.8 Å². The zero-order valence-corrected chi connectivity index (χ0v) is 11.9. The zero-order valence-electron chi connectivity index (χ0n) is 11.9. The lowest BCUT2D eigenvalue weighted by molar-refractivity contribution is 0.100. The monoisotopic (exact) mass is 251 g/mol. The van der Waals surface area contributed by atoms with Crippen molar-refractivity contribution in [2.45, 2.75) is 70.4 Å². The van der Waals surface area contributed by atoms with E-state index in [2.05, 4.69) is 12.2 Å². The molecule has 104 valence electrons. The maximum absolute atomic E-state index is 5.72. The van der Waals surface area contributed by atoms with Crippen LogP contribution in [0.3, 0.4) is 0 Å². The van der Waals surface area contributed by atoms with Gasteiger partial charge in [0, 0.05) is 12.6 Å². The van der Waals surface area contributed by atoms with E-state index >= 15 is 0 Å². The first kappa shape index (κ1) is 12.9. The third-order valence-electron chi connectivity index (χ3n) is 5.38. The van der Waals surface area contributed by atoms with Crippen LogP contribution < -0.4 is 5.32 Å². The number of nitrogens with one attached hydrogen (secondary N) is 1. The van der Waals surface area contributed by atoms with E-state index in [9.17, 15) is 0 Å². The van der Waals surface area contributed by atoms with Crippen LogP contribution in [0.25, 0.3) is 0 Å². The smallest absolute Gasteiger partial charge is 0.0576 e. The Morgan fingerprint density at radius 3 is 2.72 bits per heavy atom. The van der Waals surface area contributed by atoms with E-state index < -0.39 is 0 Å². The third-order valence-corrected chi connectivity index (χ3v) is 5.38. The number of ether oxygens (including phenoxy) is 1. The number of fused-ring (bicyclic) bond motifs is 1. The van der Waals surface area contributed by atoms with E-state index in [1.54, 1.807) is 6.42 Å². The van der Waals surface area contributed by atoms with Crippen LogP contribution in [0.1, 0.15) is 58.3 Å². The molecule has 0 spiro atoms. The fourth-order valence-electron chi connectivity index (χ4n) is 4.29. The van der Waals surface area contributed by atoms with Crippen molar-refractivity contribution in [1.29, 1.82) is 0 Å². The van der Waals surface area contributed by atoms with Gasteiger partial charge >= 0.3 is 0 Å². The molecule has 0 aromatic carbocycles. The van der Waals surface area contributed by atoms with Gasteiger partial charge in [-0.1, -0.05) is 6.92 Å². The van der Waals surface area contributed by atoms with Gasteiger partial charge in [-0.2, -0.15) is 0 Å². The SMILES string of the molecule is CCNC(CCCC1CCCO1)C1CC2CC2C1. The van der Waals surface area contributed by atoms with Gasteiger partial charge in [0.2, 0.25) is 0 Å². The van der Waals surface area contributed by atoms with Gasteiger partial charge in [0.05, 0.1) is 6.10 Å². The van der Waals surface area contributed by atoms with Crippen molar-refractivity contribution < 1.29 is 4.74 Å². The summed E-state index contributed by atoms with van der Waals surface area (Å²) in [6.07, 6.45) is 11.8. The van der Waals surface area contributed by atoms with Gasteiger partial charge in [-0.3, -0.25) is 0 Å². The molecule has 18 heavy (non-hydrogen) atoms. The lowest BCUT2D eigenvalue weighted by Crippen LogP contribution is -2.35. The molecule has 0 aromatic heterocycles. The second kappa shape index (κ2) is 5.92. The Labute approximate surface area is 112 Å². The molecular formula is C16H29NO. The minimum atomic E-state index is 0.587. The van der Waals surface area contributed by atoms with Crippen LogP contribution in [0.5, 0.6) is 0 Å². The second-order valence-electron chi connectivity index (χ2n) is 6.72. The van der Waals surface area contributed by atoms with Crippen LogP contribution in [-0.4, -0.2) is 25.3 Å². The first-order valence-electron chi connectivity index (χ1n) is 8.21. The Morgan fingerprint density at radius 2 is 2.06 bits per heavy atom. The van der Waals surface area contributed by atoms with Gasteiger partial charge in [0.15, 0.2) is 0 Å². The van der Waals surface area contributed by atoms with Gasteiger partial charge in [0.25, 0.3) is 0 Å². The largest absolute Gasteiger partial charge is 0.378 e. The minimum Gasteiger partial charge on any atom is -0.378 e. The van der Waals surface area contributed by atoms with Crippen molar-refractivity contribution in [3.05, 3.63) is 0 Å². The molecule has 2 aliphatic carbocycles. The lowest BCUT2D eigenvalue weighted by Gasteiger charge is -2.26. The fraction of sp³-hybridized carbons (Fsp3) is 1.00. The van der Waals surface area contributed by atoms with E-state index in [4.69, 9.17) is 4.74 Å². The summed E-state index contributed by atoms with van der Waals surface area (Å²) in [7, 11) is 0. The molecular weight excluding hydrogens is 222 g/mol. The predicted octanol–water partition coefficient (Wildman–Crippen LogP) is 3.36. The van der Waals surface area contributed by atoms with Crippen LogP contribution in [-0.2, 0) is 4.74 Å². The van der Waals surface area contributed by atoms with E-state index in [-0.39, 0.29) is 0 Å². The van der Waals surface area contributed by atoms with Crippen LogP contribution in [0.4, 0.5) is 0 Å². The molecule has 0 aromatic rings. The molecule has 0 bridgehead atoms. The van der Waals surface area contributed by atoms with Crippen molar-refractivity contribution in [1.82, 2.24) is 5.32 Å². The summed E-state index contributed by atoms with van der Waals surface area (Å²) in [5.41, 5.74) is 0. The highest BCUT2D eigenvalue weighted by Gasteiger charge is 2.47. The van der Waals surface area contributed by atoms with Crippen LogP contribution in [0.15, 0.2) is 0 Å². The summed E-state index contributed by atoms with van der Waals surface area (Å²) in [4.78, 5) is 0. The molecule has 0 amide bonds. The van der Waals surface area contributed by atoms with Gasteiger partial charge < -0.3 is 10.1 Å². The van der Waals surface area contributed by atoms with Gasteiger partial charge in [-0.25, -0.2) is 0 Å². The third kappa shape index (κ3) is 3.08. The van der Waals surface area contributed by atoms with Crippen LogP contribution in [0.2, 0.25) is 0 Å². The summed E-state index contributed by atoms with van der Waals surface area (Å²) < 4.78 is 5.72. The standard InChI is InChI=1S/C16H29NO/c1-2-17-16(14-10-12-9-13(12)11-14)7-3-5-15-6-4-8-18-15/h12-17H,2-11H2,1H3. The Hall–Kier alpha value is -0.0800. The number of hydrogen-bond acceptors (Lipinski definition) is 2. The van der Waals surface area contributed by atoms with Crippen molar-refractivity contribution in [3.63, 3.8) is 0 Å². The molecule has 1 heterocycles. The lowest BCUT2D eigenvalue weighted by atomic mass is 9.90. The molecule has 1 aliphatic heterocycles. The topological polar surface area (TPSA) is 21.3 Å². The molecule has 2 heteroatoms. The van der Waals surface area contributed by atoms with Gasteiger partial charge in [0.1, 0.15) is 0 Å². The average Bonchev–Trinajstić information content (AvgIpc) is 2.84. The molecule has 3 rings (SSSR count). The van der Waals surface area contributed by atoms with E-state index in [0.717, 1.165) is 36.9 Å². The van der Waals surface area contributed by atoms with Crippen molar-refractivity contribution in [2.24, 2.45) is 17.8 Å². The minimum absolute atomic E-state index is 0.587. The molecule has 3 fully saturated rings.